The zero-order chi connectivity index (χ0) is 15.9. The summed E-state index contributed by atoms with van der Waals surface area (Å²) in [7, 11) is 1.26. The van der Waals surface area contributed by atoms with Gasteiger partial charge in [0.25, 0.3) is 0 Å². The molecule has 2 N–H and O–H groups in total. The molecule has 0 bridgehead atoms. The van der Waals surface area contributed by atoms with E-state index in [-0.39, 0.29) is 18.9 Å². The van der Waals surface area contributed by atoms with Gasteiger partial charge < -0.3 is 10.1 Å². The molecule has 22 heavy (non-hydrogen) atoms. The molecule has 0 spiro atoms. The van der Waals surface area contributed by atoms with Crippen LogP contribution in [0.3, 0.4) is 0 Å². The Labute approximate surface area is 128 Å². The number of nitrogens with zero attached hydrogens (tertiary/aromatic N) is 1. The lowest BCUT2D eigenvalue weighted by molar-refractivity contribution is -0.151. The van der Waals surface area contributed by atoms with Crippen LogP contribution >= 0.6 is 0 Å². The first-order valence-electron chi connectivity index (χ1n) is 7.06. The number of rotatable bonds is 4. The van der Waals surface area contributed by atoms with Crippen LogP contribution < -0.4 is 10.7 Å². The fourth-order valence-electron chi connectivity index (χ4n) is 2.26. The van der Waals surface area contributed by atoms with Gasteiger partial charge in [0.2, 0.25) is 5.91 Å². The van der Waals surface area contributed by atoms with Crippen molar-refractivity contribution in [3.63, 3.8) is 0 Å². The molecule has 1 unspecified atom stereocenters. The number of carbonyl (C=O) groups excluding carboxylic acids is 3. The second kappa shape index (κ2) is 7.44. The van der Waals surface area contributed by atoms with E-state index in [1.165, 1.54) is 7.11 Å². The van der Waals surface area contributed by atoms with E-state index >= 15 is 0 Å². The minimum absolute atomic E-state index is 0.0282. The number of hydrogen-bond donors (Lipinski definition) is 2. The Morgan fingerprint density at radius 2 is 2.09 bits per heavy atom. The molecule has 1 atom stereocenters. The molecular formula is C15H19N3O4. The molecule has 2 rings (SSSR count). The summed E-state index contributed by atoms with van der Waals surface area (Å²) in [6.07, 6.45) is 0.718. The van der Waals surface area contributed by atoms with Crippen LogP contribution in [-0.4, -0.2) is 43.1 Å². The highest BCUT2D eigenvalue weighted by Crippen LogP contribution is 2.12. The Hall–Kier alpha value is -2.57. The number of benzene rings is 1. The third-order valence-corrected chi connectivity index (χ3v) is 3.41. The number of methoxy groups -OCH3 is 1. The van der Waals surface area contributed by atoms with E-state index < -0.39 is 17.9 Å². The standard InChI is InChI=1S/C15H19N3O4/c1-22-14(20)12-9-13(19)17-18(10-12)15(21)16-8-7-11-5-3-2-4-6-11/h2-6,12H,7-10H2,1H3,(H,16,21)(H,17,19). The first-order chi connectivity index (χ1) is 10.6. The van der Waals surface area contributed by atoms with Crippen molar-refractivity contribution >= 4 is 17.9 Å². The van der Waals surface area contributed by atoms with Crippen LogP contribution in [0.4, 0.5) is 4.79 Å². The minimum atomic E-state index is -0.626. The molecule has 118 valence electrons. The SMILES string of the molecule is COC(=O)C1CC(=O)NN(C(=O)NCCc2ccccc2)C1. The van der Waals surface area contributed by atoms with E-state index in [2.05, 4.69) is 15.5 Å². The number of ether oxygens (including phenoxy) is 1. The van der Waals surface area contributed by atoms with Crippen LogP contribution in [0.2, 0.25) is 0 Å². The molecule has 7 nitrogen and oxygen atoms in total. The molecule has 1 aliphatic rings. The lowest BCUT2D eigenvalue weighted by Crippen LogP contribution is -2.57. The van der Waals surface area contributed by atoms with Gasteiger partial charge in [0.15, 0.2) is 0 Å². The molecule has 0 saturated carbocycles. The van der Waals surface area contributed by atoms with Crippen molar-refractivity contribution in [2.75, 3.05) is 20.2 Å². The molecule has 1 aromatic rings. The molecule has 0 aromatic heterocycles. The number of nitrogens with one attached hydrogen (secondary N) is 2. The third-order valence-electron chi connectivity index (χ3n) is 3.41. The average molecular weight is 305 g/mol. The maximum absolute atomic E-state index is 12.0. The predicted octanol–water partition coefficient (Wildman–Crippen LogP) is 0.465. The zero-order valence-corrected chi connectivity index (χ0v) is 12.4. The van der Waals surface area contributed by atoms with Crippen molar-refractivity contribution in [2.24, 2.45) is 5.92 Å². The van der Waals surface area contributed by atoms with Gasteiger partial charge in [0, 0.05) is 13.0 Å². The number of urea groups is 1. The monoisotopic (exact) mass is 305 g/mol. The predicted molar refractivity (Wildman–Crippen MR) is 78.5 cm³/mol. The summed E-state index contributed by atoms with van der Waals surface area (Å²) < 4.78 is 4.63. The van der Waals surface area contributed by atoms with Gasteiger partial charge in [-0.05, 0) is 12.0 Å². The van der Waals surface area contributed by atoms with E-state index in [1.54, 1.807) is 0 Å². The van der Waals surface area contributed by atoms with E-state index in [0.717, 1.165) is 10.6 Å². The summed E-state index contributed by atoms with van der Waals surface area (Å²) in [6.45, 7) is 0.549. The lowest BCUT2D eigenvalue weighted by atomic mass is 10.0. The number of amides is 3. The van der Waals surface area contributed by atoms with E-state index in [0.29, 0.717) is 13.0 Å². The highest BCUT2D eigenvalue weighted by Gasteiger charge is 2.33. The first kappa shape index (κ1) is 15.8. The molecule has 1 heterocycles. The fraction of sp³-hybridized carbons (Fsp3) is 0.400. The summed E-state index contributed by atoms with van der Waals surface area (Å²) in [5.41, 5.74) is 3.56. The molecular weight excluding hydrogens is 286 g/mol. The molecule has 3 amide bonds. The van der Waals surface area contributed by atoms with Gasteiger partial charge in [0.1, 0.15) is 0 Å². The maximum Gasteiger partial charge on any atom is 0.336 e. The normalized spacial score (nSPS) is 17.6. The van der Waals surface area contributed by atoms with E-state index in [9.17, 15) is 14.4 Å². The number of carbonyl (C=O) groups is 3. The Bertz CT molecular complexity index is 547. The Morgan fingerprint density at radius 3 is 2.77 bits per heavy atom. The fourth-order valence-corrected chi connectivity index (χ4v) is 2.26. The van der Waals surface area contributed by atoms with Crippen molar-refractivity contribution in [3.05, 3.63) is 35.9 Å². The van der Waals surface area contributed by atoms with E-state index in [4.69, 9.17) is 0 Å². The maximum atomic E-state index is 12.0. The highest BCUT2D eigenvalue weighted by atomic mass is 16.5. The van der Waals surface area contributed by atoms with Crippen molar-refractivity contribution < 1.29 is 19.1 Å². The van der Waals surface area contributed by atoms with Gasteiger partial charge in [-0.15, -0.1) is 0 Å². The molecule has 7 heteroatoms. The Morgan fingerprint density at radius 1 is 1.36 bits per heavy atom. The molecule has 1 saturated heterocycles. The van der Waals surface area contributed by atoms with Gasteiger partial charge in [0.05, 0.1) is 19.6 Å². The smallest absolute Gasteiger partial charge is 0.336 e. The van der Waals surface area contributed by atoms with Crippen molar-refractivity contribution in [1.29, 1.82) is 0 Å². The zero-order valence-electron chi connectivity index (χ0n) is 12.4. The Kier molecular flexibility index (Phi) is 5.35. The van der Waals surface area contributed by atoms with Crippen LogP contribution in [0.25, 0.3) is 0 Å². The average Bonchev–Trinajstić information content (AvgIpc) is 2.54. The Balaban J connectivity index is 1.83. The first-order valence-corrected chi connectivity index (χ1v) is 7.06. The van der Waals surface area contributed by atoms with Crippen molar-refractivity contribution in [2.45, 2.75) is 12.8 Å². The van der Waals surface area contributed by atoms with Gasteiger partial charge >= 0.3 is 12.0 Å². The van der Waals surface area contributed by atoms with Crippen LogP contribution in [0.5, 0.6) is 0 Å². The molecule has 0 aliphatic carbocycles. The van der Waals surface area contributed by atoms with Gasteiger partial charge in [-0.1, -0.05) is 30.3 Å². The number of hydrogen-bond acceptors (Lipinski definition) is 4. The molecule has 0 radical (unpaired) electrons. The van der Waals surface area contributed by atoms with Crippen LogP contribution in [0.1, 0.15) is 12.0 Å². The second-order valence-corrected chi connectivity index (χ2v) is 5.04. The summed E-state index contributed by atoms with van der Waals surface area (Å²) in [5, 5.41) is 3.84. The molecule has 1 aromatic carbocycles. The summed E-state index contributed by atoms with van der Waals surface area (Å²) >= 11 is 0. The second-order valence-electron chi connectivity index (χ2n) is 5.04. The van der Waals surface area contributed by atoms with Crippen LogP contribution in [0.15, 0.2) is 30.3 Å². The van der Waals surface area contributed by atoms with Crippen molar-refractivity contribution in [3.8, 4) is 0 Å². The lowest BCUT2D eigenvalue weighted by Gasteiger charge is -2.31. The minimum Gasteiger partial charge on any atom is -0.469 e. The summed E-state index contributed by atoms with van der Waals surface area (Å²) in [5.74, 6) is -1.49. The summed E-state index contributed by atoms with van der Waals surface area (Å²) in [6, 6.07) is 9.31. The topological polar surface area (TPSA) is 87.7 Å². The van der Waals surface area contributed by atoms with E-state index in [1.807, 2.05) is 30.3 Å². The number of esters is 1. The van der Waals surface area contributed by atoms with Gasteiger partial charge in [-0.3, -0.25) is 15.0 Å². The highest BCUT2D eigenvalue weighted by molar-refractivity contribution is 5.87. The number of hydrazine groups is 1. The summed E-state index contributed by atoms with van der Waals surface area (Å²) in [4.78, 5) is 35.1. The molecule has 1 aliphatic heterocycles. The van der Waals surface area contributed by atoms with Crippen molar-refractivity contribution in [1.82, 2.24) is 15.8 Å². The quantitative estimate of drug-likeness (QED) is 0.791. The van der Waals surface area contributed by atoms with Crippen LogP contribution in [0, 0.1) is 5.92 Å². The van der Waals surface area contributed by atoms with Crippen LogP contribution in [-0.2, 0) is 20.7 Å². The van der Waals surface area contributed by atoms with Gasteiger partial charge in [-0.25, -0.2) is 9.80 Å². The van der Waals surface area contributed by atoms with Gasteiger partial charge in [-0.2, -0.15) is 0 Å². The largest absolute Gasteiger partial charge is 0.469 e. The molecule has 1 fully saturated rings. The third kappa shape index (κ3) is 4.21.